The van der Waals surface area contributed by atoms with Gasteiger partial charge in [-0.3, -0.25) is 4.79 Å². The molecule has 3 aromatic rings. The van der Waals surface area contributed by atoms with Crippen LogP contribution in [-0.2, 0) is 11.3 Å². The third kappa shape index (κ3) is 3.58. The number of aromatic nitrogens is 4. The molecule has 0 aliphatic heterocycles. The summed E-state index contributed by atoms with van der Waals surface area (Å²) in [5, 5.41) is 14.5. The highest BCUT2D eigenvalue weighted by atomic mass is 16.5. The predicted molar refractivity (Wildman–Crippen MR) is 90.2 cm³/mol. The van der Waals surface area contributed by atoms with Crippen LogP contribution in [0.15, 0.2) is 34.9 Å². The van der Waals surface area contributed by atoms with Gasteiger partial charge < -0.3 is 23.9 Å². The maximum atomic E-state index is 12.3. The smallest absolute Gasteiger partial charge is 0.248 e. The van der Waals surface area contributed by atoms with Crippen LogP contribution in [-0.4, -0.2) is 47.4 Å². The first kappa shape index (κ1) is 17.3. The fourth-order valence-corrected chi connectivity index (χ4v) is 2.30. The van der Waals surface area contributed by atoms with Gasteiger partial charge in [0, 0.05) is 17.8 Å². The lowest BCUT2D eigenvalue weighted by atomic mass is 10.2. The topological polar surface area (TPSA) is 114 Å². The van der Waals surface area contributed by atoms with E-state index in [0.29, 0.717) is 34.5 Å². The van der Waals surface area contributed by atoms with Crippen molar-refractivity contribution in [3.05, 3.63) is 30.5 Å². The van der Waals surface area contributed by atoms with Gasteiger partial charge in [-0.2, -0.15) is 4.80 Å². The van der Waals surface area contributed by atoms with E-state index in [4.69, 9.17) is 18.6 Å². The van der Waals surface area contributed by atoms with Crippen LogP contribution in [0.1, 0.15) is 0 Å². The third-order valence-corrected chi connectivity index (χ3v) is 3.43. The van der Waals surface area contributed by atoms with Gasteiger partial charge in [0.25, 0.3) is 0 Å². The number of nitrogens with one attached hydrogen (secondary N) is 1. The van der Waals surface area contributed by atoms with Crippen molar-refractivity contribution < 1.29 is 23.4 Å². The number of anilines is 1. The van der Waals surface area contributed by atoms with Crippen LogP contribution in [0, 0.1) is 0 Å². The van der Waals surface area contributed by atoms with Crippen LogP contribution in [0.25, 0.3) is 11.6 Å². The number of tetrazole rings is 1. The molecule has 2 aromatic heterocycles. The van der Waals surface area contributed by atoms with Gasteiger partial charge in [-0.1, -0.05) is 0 Å². The zero-order chi connectivity index (χ0) is 18.5. The van der Waals surface area contributed by atoms with Crippen molar-refractivity contribution in [3.8, 4) is 28.8 Å². The Morgan fingerprint density at radius 2 is 1.92 bits per heavy atom. The first-order chi connectivity index (χ1) is 12.6. The van der Waals surface area contributed by atoms with Gasteiger partial charge in [0.05, 0.1) is 27.6 Å². The molecule has 0 unspecified atom stereocenters. The molecule has 0 saturated heterocycles. The van der Waals surface area contributed by atoms with E-state index < -0.39 is 0 Å². The second kappa shape index (κ2) is 7.55. The van der Waals surface area contributed by atoms with Crippen LogP contribution in [0.2, 0.25) is 0 Å². The van der Waals surface area contributed by atoms with E-state index >= 15 is 0 Å². The first-order valence-corrected chi connectivity index (χ1v) is 7.56. The molecule has 136 valence electrons. The van der Waals surface area contributed by atoms with E-state index in [0.717, 1.165) is 0 Å². The number of carbonyl (C=O) groups is 1. The molecule has 0 atom stereocenters. The summed E-state index contributed by atoms with van der Waals surface area (Å²) in [6, 6.07) is 6.68. The van der Waals surface area contributed by atoms with E-state index in [1.165, 1.54) is 32.4 Å². The second-order valence-corrected chi connectivity index (χ2v) is 5.08. The Morgan fingerprint density at radius 1 is 1.19 bits per heavy atom. The third-order valence-electron chi connectivity index (χ3n) is 3.43. The maximum Gasteiger partial charge on any atom is 0.248 e. The van der Waals surface area contributed by atoms with Gasteiger partial charge >= 0.3 is 0 Å². The standard InChI is InChI=1S/C16H17N5O5/c1-23-12-7-10(8-13(24-2)15(12)25-3)17-14(22)9-21-19-16(18-20-21)11-5-4-6-26-11/h4-8H,9H2,1-3H3,(H,17,22). The number of rotatable bonds is 7. The quantitative estimate of drug-likeness (QED) is 0.677. The summed E-state index contributed by atoms with van der Waals surface area (Å²) in [5.41, 5.74) is 0.482. The molecule has 2 heterocycles. The van der Waals surface area contributed by atoms with Gasteiger partial charge in [-0.15, -0.1) is 10.2 Å². The molecule has 10 heteroatoms. The number of ether oxygens (including phenoxy) is 3. The van der Waals surface area contributed by atoms with Crippen molar-refractivity contribution in [1.29, 1.82) is 0 Å². The van der Waals surface area contributed by atoms with Crippen molar-refractivity contribution in [2.45, 2.75) is 6.54 Å². The highest BCUT2D eigenvalue weighted by Gasteiger charge is 2.16. The lowest BCUT2D eigenvalue weighted by Gasteiger charge is -2.14. The summed E-state index contributed by atoms with van der Waals surface area (Å²) in [6.45, 7) is -0.121. The Hall–Kier alpha value is -3.56. The minimum Gasteiger partial charge on any atom is -0.493 e. The summed E-state index contributed by atoms with van der Waals surface area (Å²) >= 11 is 0. The highest BCUT2D eigenvalue weighted by molar-refractivity contribution is 5.91. The fourth-order valence-electron chi connectivity index (χ4n) is 2.30. The van der Waals surface area contributed by atoms with Crippen molar-refractivity contribution in [2.24, 2.45) is 0 Å². The number of hydrogen-bond donors (Lipinski definition) is 1. The molecular formula is C16H17N5O5. The maximum absolute atomic E-state index is 12.3. The monoisotopic (exact) mass is 359 g/mol. The van der Waals surface area contributed by atoms with Crippen molar-refractivity contribution in [1.82, 2.24) is 20.2 Å². The van der Waals surface area contributed by atoms with Crippen LogP contribution < -0.4 is 19.5 Å². The minimum absolute atomic E-state index is 0.121. The van der Waals surface area contributed by atoms with Crippen LogP contribution in [0.5, 0.6) is 17.2 Å². The molecule has 0 aliphatic carbocycles. The Kier molecular flexibility index (Phi) is 5.02. The Bertz CT molecular complexity index is 865. The number of benzene rings is 1. The van der Waals surface area contributed by atoms with Crippen molar-refractivity contribution in [3.63, 3.8) is 0 Å². The average Bonchev–Trinajstić information content (AvgIpc) is 3.32. The number of methoxy groups -OCH3 is 3. The molecule has 3 rings (SSSR count). The van der Waals surface area contributed by atoms with E-state index in [1.54, 1.807) is 24.3 Å². The van der Waals surface area contributed by atoms with E-state index in [1.807, 2.05) is 0 Å². The largest absolute Gasteiger partial charge is 0.493 e. The number of nitrogens with zero attached hydrogens (tertiary/aromatic N) is 4. The highest BCUT2D eigenvalue weighted by Crippen LogP contribution is 2.39. The van der Waals surface area contributed by atoms with E-state index in [9.17, 15) is 4.79 Å². The molecular weight excluding hydrogens is 342 g/mol. The zero-order valence-electron chi connectivity index (χ0n) is 14.4. The normalized spacial score (nSPS) is 10.4. The second-order valence-electron chi connectivity index (χ2n) is 5.08. The first-order valence-electron chi connectivity index (χ1n) is 7.56. The van der Waals surface area contributed by atoms with E-state index in [-0.39, 0.29) is 12.5 Å². The molecule has 1 aromatic carbocycles. The molecule has 1 amide bonds. The average molecular weight is 359 g/mol. The number of hydrogen-bond acceptors (Lipinski definition) is 8. The Morgan fingerprint density at radius 3 is 2.50 bits per heavy atom. The van der Waals surface area contributed by atoms with Crippen LogP contribution in [0.3, 0.4) is 0 Å². The zero-order valence-corrected chi connectivity index (χ0v) is 14.4. The number of amides is 1. The fraction of sp³-hybridized carbons (Fsp3) is 0.250. The summed E-state index contributed by atoms with van der Waals surface area (Å²) in [4.78, 5) is 13.4. The minimum atomic E-state index is -0.345. The van der Waals surface area contributed by atoms with Crippen LogP contribution in [0.4, 0.5) is 5.69 Å². The molecule has 1 N–H and O–H groups in total. The summed E-state index contributed by atoms with van der Waals surface area (Å²) in [6.07, 6.45) is 1.51. The molecule has 0 aliphatic rings. The molecule has 0 fully saturated rings. The predicted octanol–water partition coefficient (Wildman–Crippen LogP) is 1.60. The molecule has 0 saturated carbocycles. The number of carbonyl (C=O) groups excluding carboxylic acids is 1. The summed E-state index contributed by atoms with van der Waals surface area (Å²) < 4.78 is 21.0. The van der Waals surface area contributed by atoms with E-state index in [2.05, 4.69) is 20.7 Å². The van der Waals surface area contributed by atoms with Gasteiger partial charge in [0.15, 0.2) is 17.3 Å². The summed E-state index contributed by atoms with van der Waals surface area (Å²) in [7, 11) is 4.50. The van der Waals surface area contributed by atoms with Gasteiger partial charge in [0.2, 0.25) is 17.5 Å². The molecule has 0 bridgehead atoms. The SMILES string of the molecule is COc1cc(NC(=O)Cn2nnc(-c3ccco3)n2)cc(OC)c1OC. The summed E-state index contributed by atoms with van der Waals surface area (Å²) in [5.74, 6) is 1.73. The number of furan rings is 1. The Balaban J connectivity index is 1.72. The lowest BCUT2D eigenvalue weighted by Crippen LogP contribution is -2.20. The molecule has 0 spiro atoms. The van der Waals surface area contributed by atoms with Gasteiger partial charge in [-0.05, 0) is 17.3 Å². The van der Waals surface area contributed by atoms with Crippen molar-refractivity contribution in [2.75, 3.05) is 26.6 Å². The van der Waals surface area contributed by atoms with Gasteiger partial charge in [-0.25, -0.2) is 0 Å². The lowest BCUT2D eigenvalue weighted by molar-refractivity contribution is -0.117. The molecule has 0 radical (unpaired) electrons. The molecule has 10 nitrogen and oxygen atoms in total. The van der Waals surface area contributed by atoms with Crippen LogP contribution >= 0.6 is 0 Å². The Labute approximate surface area is 148 Å². The molecule has 26 heavy (non-hydrogen) atoms. The van der Waals surface area contributed by atoms with Crippen molar-refractivity contribution >= 4 is 11.6 Å². The van der Waals surface area contributed by atoms with Gasteiger partial charge in [0.1, 0.15) is 6.54 Å².